The molecule has 3 aromatic rings. The Bertz CT molecular complexity index is 1060. The zero-order valence-electron chi connectivity index (χ0n) is 14.4. The summed E-state index contributed by atoms with van der Waals surface area (Å²) < 4.78 is 21.5. The molecular formula is C19H16BrFN2O3S. The van der Waals surface area contributed by atoms with E-state index in [9.17, 15) is 14.0 Å². The Labute approximate surface area is 167 Å². The number of halogens is 2. The monoisotopic (exact) mass is 450 g/mol. The summed E-state index contributed by atoms with van der Waals surface area (Å²) in [5.41, 5.74) is 1.47. The number of carbonyl (C=O) groups is 2. The van der Waals surface area contributed by atoms with Gasteiger partial charge in [-0.2, -0.15) is 4.99 Å². The van der Waals surface area contributed by atoms with Crippen molar-refractivity contribution in [3.05, 3.63) is 63.1 Å². The summed E-state index contributed by atoms with van der Waals surface area (Å²) in [6, 6.07) is 11.3. The van der Waals surface area contributed by atoms with E-state index in [1.165, 1.54) is 23.5 Å². The molecule has 0 aliphatic carbocycles. The molecule has 2 aromatic carbocycles. The van der Waals surface area contributed by atoms with Gasteiger partial charge in [0.05, 0.1) is 23.2 Å². The minimum Gasteiger partial charge on any atom is -0.465 e. The predicted octanol–water partition coefficient (Wildman–Crippen LogP) is 3.84. The third kappa shape index (κ3) is 4.90. The van der Waals surface area contributed by atoms with Crippen molar-refractivity contribution in [1.29, 1.82) is 0 Å². The van der Waals surface area contributed by atoms with E-state index in [4.69, 9.17) is 4.74 Å². The van der Waals surface area contributed by atoms with Crippen LogP contribution in [-0.2, 0) is 27.3 Å². The second kappa shape index (κ2) is 8.58. The maximum Gasteiger partial charge on any atom is 0.326 e. The number of thiazole rings is 1. The normalized spacial score (nSPS) is 11.7. The van der Waals surface area contributed by atoms with Crippen molar-refractivity contribution in [3.63, 3.8) is 0 Å². The number of ether oxygens (including phenoxy) is 1. The molecule has 0 aliphatic rings. The van der Waals surface area contributed by atoms with Crippen molar-refractivity contribution in [2.45, 2.75) is 19.9 Å². The van der Waals surface area contributed by atoms with Crippen LogP contribution in [0.25, 0.3) is 10.2 Å². The highest BCUT2D eigenvalue weighted by Gasteiger charge is 2.13. The molecule has 140 valence electrons. The topological polar surface area (TPSA) is 60.7 Å². The Hall–Kier alpha value is -2.32. The molecule has 0 bridgehead atoms. The van der Waals surface area contributed by atoms with Crippen LogP contribution in [0.2, 0.25) is 0 Å². The largest absolute Gasteiger partial charge is 0.465 e. The summed E-state index contributed by atoms with van der Waals surface area (Å²) in [7, 11) is 0. The molecule has 0 fully saturated rings. The number of amides is 1. The van der Waals surface area contributed by atoms with Crippen molar-refractivity contribution in [2.24, 2.45) is 4.99 Å². The number of hydrogen-bond donors (Lipinski definition) is 0. The molecule has 0 atom stereocenters. The van der Waals surface area contributed by atoms with Gasteiger partial charge in [0.1, 0.15) is 12.4 Å². The van der Waals surface area contributed by atoms with E-state index in [-0.39, 0.29) is 31.3 Å². The number of aromatic nitrogens is 1. The third-order valence-corrected chi connectivity index (χ3v) is 5.26. The van der Waals surface area contributed by atoms with Crippen LogP contribution in [-0.4, -0.2) is 23.1 Å². The van der Waals surface area contributed by atoms with Gasteiger partial charge in [-0.15, -0.1) is 0 Å². The predicted molar refractivity (Wildman–Crippen MR) is 105 cm³/mol. The highest BCUT2D eigenvalue weighted by molar-refractivity contribution is 9.10. The molecule has 0 radical (unpaired) electrons. The minimum atomic E-state index is -0.396. The number of fused-ring (bicyclic) bond motifs is 1. The minimum absolute atomic E-state index is 0.0296. The van der Waals surface area contributed by atoms with Crippen molar-refractivity contribution >= 4 is 49.4 Å². The molecule has 1 amide bonds. The van der Waals surface area contributed by atoms with Gasteiger partial charge in [-0.05, 0) is 42.8 Å². The molecular weight excluding hydrogens is 435 g/mol. The Morgan fingerprint density at radius 3 is 2.67 bits per heavy atom. The fraction of sp³-hybridized carbons (Fsp3) is 0.211. The smallest absolute Gasteiger partial charge is 0.326 e. The zero-order valence-corrected chi connectivity index (χ0v) is 16.8. The fourth-order valence-corrected chi connectivity index (χ4v) is 4.14. The van der Waals surface area contributed by atoms with Crippen molar-refractivity contribution in [2.75, 3.05) is 6.61 Å². The van der Waals surface area contributed by atoms with Gasteiger partial charge in [0, 0.05) is 4.47 Å². The molecule has 1 heterocycles. The lowest BCUT2D eigenvalue weighted by Gasteiger charge is -2.05. The van der Waals surface area contributed by atoms with E-state index < -0.39 is 5.97 Å². The standard InChI is InChI=1S/C19H16BrFN2O3S/c1-2-26-18(25)11-23-15-8-5-13(20)10-16(15)27-19(23)22-17(24)9-12-3-6-14(21)7-4-12/h3-8,10H,2,9,11H2,1H3. The summed E-state index contributed by atoms with van der Waals surface area (Å²) >= 11 is 4.74. The molecule has 0 N–H and O–H groups in total. The lowest BCUT2D eigenvalue weighted by Crippen LogP contribution is -2.23. The first-order valence-electron chi connectivity index (χ1n) is 8.23. The molecule has 0 saturated carbocycles. The number of rotatable bonds is 5. The first-order valence-corrected chi connectivity index (χ1v) is 9.83. The van der Waals surface area contributed by atoms with Gasteiger partial charge in [0.2, 0.25) is 0 Å². The van der Waals surface area contributed by atoms with E-state index >= 15 is 0 Å². The van der Waals surface area contributed by atoms with Crippen molar-refractivity contribution in [3.8, 4) is 0 Å². The molecule has 8 heteroatoms. The van der Waals surface area contributed by atoms with E-state index in [0.29, 0.717) is 10.4 Å². The van der Waals surface area contributed by atoms with E-state index in [1.54, 1.807) is 23.6 Å². The molecule has 27 heavy (non-hydrogen) atoms. The van der Waals surface area contributed by atoms with Crippen LogP contribution in [0.5, 0.6) is 0 Å². The van der Waals surface area contributed by atoms with Crippen LogP contribution in [0.4, 0.5) is 4.39 Å². The van der Waals surface area contributed by atoms with Crippen molar-refractivity contribution in [1.82, 2.24) is 4.57 Å². The molecule has 0 aliphatic heterocycles. The summed E-state index contributed by atoms with van der Waals surface area (Å²) in [5.74, 6) is -1.12. The Kier molecular flexibility index (Phi) is 6.18. The van der Waals surface area contributed by atoms with Gasteiger partial charge < -0.3 is 9.30 Å². The van der Waals surface area contributed by atoms with Crippen LogP contribution in [0.1, 0.15) is 12.5 Å². The lowest BCUT2D eigenvalue weighted by atomic mass is 10.1. The highest BCUT2D eigenvalue weighted by Crippen LogP contribution is 2.22. The van der Waals surface area contributed by atoms with Crippen LogP contribution in [0.15, 0.2) is 51.9 Å². The number of esters is 1. The Morgan fingerprint density at radius 2 is 1.96 bits per heavy atom. The van der Waals surface area contributed by atoms with Gasteiger partial charge in [0.15, 0.2) is 4.80 Å². The molecule has 0 spiro atoms. The summed E-state index contributed by atoms with van der Waals surface area (Å²) in [5, 5.41) is 0. The number of nitrogens with zero attached hydrogens (tertiary/aromatic N) is 2. The lowest BCUT2D eigenvalue weighted by molar-refractivity contribution is -0.143. The first kappa shape index (κ1) is 19.4. The van der Waals surface area contributed by atoms with Crippen LogP contribution >= 0.6 is 27.3 Å². The van der Waals surface area contributed by atoms with Crippen molar-refractivity contribution < 1.29 is 18.7 Å². The molecule has 3 rings (SSSR count). The van der Waals surface area contributed by atoms with Gasteiger partial charge in [-0.25, -0.2) is 4.39 Å². The second-order valence-corrected chi connectivity index (χ2v) is 7.62. The summed E-state index contributed by atoms with van der Waals surface area (Å²) in [4.78, 5) is 29.0. The third-order valence-electron chi connectivity index (χ3n) is 3.73. The van der Waals surface area contributed by atoms with Crippen LogP contribution in [0.3, 0.4) is 0 Å². The summed E-state index contributed by atoms with van der Waals surface area (Å²) in [6.45, 7) is 1.99. The summed E-state index contributed by atoms with van der Waals surface area (Å²) in [6.07, 6.45) is 0.0532. The van der Waals surface area contributed by atoms with Gasteiger partial charge >= 0.3 is 5.97 Å². The van der Waals surface area contributed by atoms with Gasteiger partial charge in [0.25, 0.3) is 5.91 Å². The van der Waals surface area contributed by atoms with Gasteiger partial charge in [-0.3, -0.25) is 9.59 Å². The average Bonchev–Trinajstić information content (AvgIpc) is 2.93. The fourth-order valence-electron chi connectivity index (χ4n) is 2.54. The number of hydrogen-bond acceptors (Lipinski definition) is 4. The maximum atomic E-state index is 13.0. The SMILES string of the molecule is CCOC(=O)Cn1c(=NC(=O)Cc2ccc(F)cc2)sc2cc(Br)ccc21. The van der Waals surface area contributed by atoms with Gasteiger partial charge in [-0.1, -0.05) is 39.4 Å². The molecule has 0 saturated heterocycles. The second-order valence-electron chi connectivity index (χ2n) is 5.70. The van der Waals surface area contributed by atoms with E-state index in [0.717, 1.165) is 14.7 Å². The Morgan fingerprint density at radius 1 is 1.22 bits per heavy atom. The maximum absolute atomic E-state index is 13.0. The van der Waals surface area contributed by atoms with E-state index in [2.05, 4.69) is 20.9 Å². The van der Waals surface area contributed by atoms with Crippen LogP contribution < -0.4 is 4.80 Å². The van der Waals surface area contributed by atoms with E-state index in [1.807, 2.05) is 18.2 Å². The first-order chi connectivity index (χ1) is 13.0. The Balaban J connectivity index is 1.97. The number of carbonyl (C=O) groups excluding carboxylic acids is 2. The van der Waals surface area contributed by atoms with Crippen LogP contribution in [0, 0.1) is 5.82 Å². The molecule has 1 aromatic heterocycles. The highest BCUT2D eigenvalue weighted by atomic mass is 79.9. The molecule has 0 unspecified atom stereocenters. The average molecular weight is 451 g/mol. The zero-order chi connectivity index (χ0) is 19.4. The molecule has 5 nitrogen and oxygen atoms in total. The number of benzene rings is 2. The quantitative estimate of drug-likeness (QED) is 0.554.